The number of rotatable bonds is 2. The summed E-state index contributed by atoms with van der Waals surface area (Å²) in [6, 6.07) is 3.36. The van der Waals surface area contributed by atoms with Crippen LogP contribution in [0.1, 0.15) is 59.5 Å². The van der Waals surface area contributed by atoms with E-state index in [9.17, 15) is 9.59 Å². The Bertz CT molecular complexity index is 773. The molecule has 1 aliphatic heterocycles. The number of Topliss-reactive ketones (excluding diaryl/α,β-unsaturated/α-hetero) is 1. The van der Waals surface area contributed by atoms with Crippen LogP contribution in [-0.2, 0) is 18.3 Å². The van der Waals surface area contributed by atoms with Gasteiger partial charge in [-0.05, 0) is 37.8 Å². The number of hydrogen-bond donors (Lipinski definition) is 1. The standard InChI is InChI=1S/C17H20N4O2/c1-20-10-11-12(4-2-5-13(11)19-20)18-17(23)15-7-8-16(22)14-6-3-9-21(14)15/h3,6,9-10,12,15H,2,4-5,7-8H2,1H3,(H,18,23). The van der Waals surface area contributed by atoms with Crippen LogP contribution in [0.25, 0.3) is 0 Å². The van der Waals surface area contributed by atoms with Gasteiger partial charge in [-0.3, -0.25) is 14.3 Å². The zero-order valence-electron chi connectivity index (χ0n) is 13.2. The SMILES string of the molecule is Cn1cc2c(n1)CCCC2NC(=O)C1CCC(=O)c2cccn21. The molecule has 2 aromatic heterocycles. The third-order valence-electron chi connectivity index (χ3n) is 4.88. The van der Waals surface area contributed by atoms with Crippen LogP contribution >= 0.6 is 0 Å². The molecule has 1 N–H and O–H groups in total. The number of ketones is 1. The number of aromatic nitrogens is 3. The second-order valence-corrected chi connectivity index (χ2v) is 6.44. The Hall–Kier alpha value is -2.37. The molecule has 0 bridgehead atoms. The first-order valence-electron chi connectivity index (χ1n) is 8.16. The average Bonchev–Trinajstić information content (AvgIpc) is 3.14. The van der Waals surface area contributed by atoms with Gasteiger partial charge in [0, 0.05) is 31.4 Å². The summed E-state index contributed by atoms with van der Waals surface area (Å²) >= 11 is 0. The van der Waals surface area contributed by atoms with Crippen LogP contribution in [0, 0.1) is 0 Å². The molecule has 0 aromatic carbocycles. The number of fused-ring (bicyclic) bond motifs is 2. The number of aryl methyl sites for hydroxylation is 2. The van der Waals surface area contributed by atoms with Gasteiger partial charge in [0.25, 0.3) is 0 Å². The van der Waals surface area contributed by atoms with E-state index in [2.05, 4.69) is 10.4 Å². The topological polar surface area (TPSA) is 68.9 Å². The Morgan fingerprint density at radius 1 is 1.35 bits per heavy atom. The first-order valence-corrected chi connectivity index (χ1v) is 8.16. The first kappa shape index (κ1) is 14.2. The van der Waals surface area contributed by atoms with Gasteiger partial charge >= 0.3 is 0 Å². The summed E-state index contributed by atoms with van der Waals surface area (Å²) in [7, 11) is 1.91. The van der Waals surface area contributed by atoms with Gasteiger partial charge in [0.05, 0.1) is 17.4 Å². The molecule has 2 atom stereocenters. The second-order valence-electron chi connectivity index (χ2n) is 6.44. The summed E-state index contributed by atoms with van der Waals surface area (Å²) in [5, 5.41) is 7.65. The van der Waals surface area contributed by atoms with Crippen molar-refractivity contribution in [2.24, 2.45) is 7.05 Å². The van der Waals surface area contributed by atoms with Crippen LogP contribution in [0.2, 0.25) is 0 Å². The fourth-order valence-corrected chi connectivity index (χ4v) is 3.78. The maximum Gasteiger partial charge on any atom is 0.243 e. The number of nitrogens with zero attached hydrogens (tertiary/aromatic N) is 3. The van der Waals surface area contributed by atoms with Crippen LogP contribution in [0.3, 0.4) is 0 Å². The summed E-state index contributed by atoms with van der Waals surface area (Å²) in [6.45, 7) is 0. The van der Waals surface area contributed by atoms with E-state index in [1.807, 2.05) is 34.8 Å². The zero-order chi connectivity index (χ0) is 16.0. The maximum absolute atomic E-state index is 12.8. The van der Waals surface area contributed by atoms with Crippen LogP contribution in [0.5, 0.6) is 0 Å². The van der Waals surface area contributed by atoms with Crippen LogP contribution < -0.4 is 5.32 Å². The summed E-state index contributed by atoms with van der Waals surface area (Å²) in [5.41, 5.74) is 2.86. The minimum Gasteiger partial charge on any atom is -0.347 e. The predicted molar refractivity (Wildman–Crippen MR) is 84.1 cm³/mol. The molecule has 0 saturated heterocycles. The molecule has 2 aliphatic rings. The largest absolute Gasteiger partial charge is 0.347 e. The highest BCUT2D eigenvalue weighted by Gasteiger charge is 2.32. The van der Waals surface area contributed by atoms with E-state index >= 15 is 0 Å². The molecule has 0 fully saturated rings. The van der Waals surface area contributed by atoms with Crippen molar-refractivity contribution in [3.05, 3.63) is 41.5 Å². The van der Waals surface area contributed by atoms with Gasteiger partial charge in [-0.1, -0.05) is 0 Å². The molecule has 2 aromatic rings. The number of hydrogen-bond acceptors (Lipinski definition) is 3. The lowest BCUT2D eigenvalue weighted by atomic mass is 9.92. The Labute approximate surface area is 134 Å². The van der Waals surface area contributed by atoms with E-state index in [1.54, 1.807) is 6.07 Å². The number of carbonyl (C=O) groups is 2. The van der Waals surface area contributed by atoms with E-state index in [0.717, 1.165) is 30.5 Å². The third-order valence-corrected chi connectivity index (χ3v) is 4.88. The third kappa shape index (κ3) is 2.38. The first-order chi connectivity index (χ1) is 11.1. The van der Waals surface area contributed by atoms with Crippen molar-refractivity contribution in [2.75, 3.05) is 0 Å². The van der Waals surface area contributed by atoms with Gasteiger partial charge in [0.15, 0.2) is 5.78 Å². The Kier molecular flexibility index (Phi) is 3.32. The predicted octanol–water partition coefficient (Wildman–Crippen LogP) is 1.93. The normalized spacial score (nSPS) is 23.3. The molecule has 1 amide bonds. The van der Waals surface area contributed by atoms with E-state index in [4.69, 9.17) is 0 Å². The van der Waals surface area contributed by atoms with E-state index in [0.29, 0.717) is 18.5 Å². The molecule has 6 nitrogen and oxygen atoms in total. The van der Waals surface area contributed by atoms with E-state index < -0.39 is 0 Å². The fraction of sp³-hybridized carbons (Fsp3) is 0.471. The highest BCUT2D eigenvalue weighted by molar-refractivity contribution is 5.97. The summed E-state index contributed by atoms with van der Waals surface area (Å²) in [6.07, 6.45) is 7.78. The molecule has 1 aliphatic carbocycles. The second kappa shape index (κ2) is 5.37. The Balaban J connectivity index is 1.56. The molecule has 0 radical (unpaired) electrons. The lowest BCUT2D eigenvalue weighted by Crippen LogP contribution is -2.38. The molecule has 2 unspecified atom stereocenters. The lowest BCUT2D eigenvalue weighted by Gasteiger charge is -2.28. The monoisotopic (exact) mass is 312 g/mol. The molecular formula is C17H20N4O2. The fourth-order valence-electron chi connectivity index (χ4n) is 3.78. The highest BCUT2D eigenvalue weighted by Crippen LogP contribution is 2.31. The molecule has 23 heavy (non-hydrogen) atoms. The molecule has 0 saturated carbocycles. The summed E-state index contributed by atoms with van der Waals surface area (Å²) in [5.74, 6) is 0.114. The molecule has 0 spiro atoms. The van der Waals surface area contributed by atoms with Gasteiger partial charge < -0.3 is 9.88 Å². The van der Waals surface area contributed by atoms with Crippen molar-refractivity contribution in [1.29, 1.82) is 0 Å². The van der Waals surface area contributed by atoms with Crippen molar-refractivity contribution in [2.45, 2.75) is 44.2 Å². The van der Waals surface area contributed by atoms with Crippen molar-refractivity contribution >= 4 is 11.7 Å². The highest BCUT2D eigenvalue weighted by atomic mass is 16.2. The number of nitrogens with one attached hydrogen (secondary N) is 1. The van der Waals surface area contributed by atoms with Crippen molar-refractivity contribution in [1.82, 2.24) is 19.7 Å². The minimum absolute atomic E-state index is 0.00310. The van der Waals surface area contributed by atoms with Crippen molar-refractivity contribution < 1.29 is 9.59 Å². The Morgan fingerprint density at radius 3 is 3.09 bits per heavy atom. The summed E-state index contributed by atoms with van der Waals surface area (Å²) < 4.78 is 3.63. The van der Waals surface area contributed by atoms with Crippen LogP contribution in [0.15, 0.2) is 24.5 Å². The maximum atomic E-state index is 12.8. The van der Waals surface area contributed by atoms with Crippen molar-refractivity contribution in [3.8, 4) is 0 Å². The quantitative estimate of drug-likeness (QED) is 0.921. The lowest BCUT2D eigenvalue weighted by molar-refractivity contribution is -0.125. The van der Waals surface area contributed by atoms with Gasteiger partial charge in [-0.25, -0.2) is 0 Å². The van der Waals surface area contributed by atoms with E-state index in [-0.39, 0.29) is 23.8 Å². The van der Waals surface area contributed by atoms with Crippen LogP contribution in [-0.4, -0.2) is 26.0 Å². The van der Waals surface area contributed by atoms with Gasteiger partial charge in [-0.15, -0.1) is 0 Å². The summed E-state index contributed by atoms with van der Waals surface area (Å²) in [4.78, 5) is 24.7. The minimum atomic E-state index is -0.292. The van der Waals surface area contributed by atoms with Gasteiger partial charge in [0.2, 0.25) is 5.91 Å². The Morgan fingerprint density at radius 2 is 2.22 bits per heavy atom. The smallest absolute Gasteiger partial charge is 0.243 e. The number of amides is 1. The molecule has 6 heteroatoms. The van der Waals surface area contributed by atoms with E-state index in [1.165, 1.54) is 0 Å². The van der Waals surface area contributed by atoms with Gasteiger partial charge in [-0.2, -0.15) is 5.10 Å². The van der Waals surface area contributed by atoms with Crippen molar-refractivity contribution in [3.63, 3.8) is 0 Å². The van der Waals surface area contributed by atoms with Gasteiger partial charge in [0.1, 0.15) is 6.04 Å². The molecule has 120 valence electrons. The molecular weight excluding hydrogens is 292 g/mol. The molecule has 3 heterocycles. The molecule has 4 rings (SSSR count). The number of carbonyl (C=O) groups excluding carboxylic acids is 2. The van der Waals surface area contributed by atoms with Crippen LogP contribution in [0.4, 0.5) is 0 Å². The zero-order valence-corrected chi connectivity index (χ0v) is 13.2. The average molecular weight is 312 g/mol.